The molecule has 2 nitrogen and oxygen atoms in total. The van der Waals surface area contributed by atoms with E-state index in [-0.39, 0.29) is 0 Å². The van der Waals surface area contributed by atoms with E-state index in [0.717, 1.165) is 50.1 Å². The Bertz CT molecular complexity index is 3510. The Morgan fingerprint density at radius 2 is 0.762 bits per heavy atom. The molecule has 0 atom stereocenters. The summed E-state index contributed by atoms with van der Waals surface area (Å²) in [5.41, 5.74) is 22.1. The van der Waals surface area contributed by atoms with E-state index < -0.39 is 5.41 Å². The quantitative estimate of drug-likeness (QED) is 0.167. The molecule has 13 rings (SSSR count). The third-order valence-electron chi connectivity index (χ3n) is 13.5. The van der Waals surface area contributed by atoms with Crippen molar-refractivity contribution in [2.45, 2.75) is 5.41 Å². The number of rotatable bonds is 6. The van der Waals surface area contributed by atoms with Crippen LogP contribution in [0, 0.1) is 0 Å². The molecule has 1 spiro atoms. The highest BCUT2D eigenvalue weighted by atomic mass is 16.3. The average Bonchev–Trinajstić information content (AvgIpc) is 4.00. The minimum absolute atomic E-state index is 0.461. The van der Waals surface area contributed by atoms with E-state index in [4.69, 9.17) is 4.42 Å². The first kappa shape index (κ1) is 35.5. The summed E-state index contributed by atoms with van der Waals surface area (Å²) < 4.78 is 6.47. The fourth-order valence-corrected chi connectivity index (χ4v) is 10.9. The van der Waals surface area contributed by atoms with Gasteiger partial charge in [-0.2, -0.15) is 0 Å². The molecule has 0 saturated heterocycles. The van der Waals surface area contributed by atoms with Crippen LogP contribution in [-0.2, 0) is 5.41 Å². The Morgan fingerprint density at radius 1 is 0.302 bits per heavy atom. The highest BCUT2D eigenvalue weighted by molar-refractivity contribution is 6.14. The van der Waals surface area contributed by atoms with Crippen molar-refractivity contribution in [2.24, 2.45) is 0 Å². The molecule has 0 unspecified atom stereocenters. The van der Waals surface area contributed by atoms with E-state index in [2.05, 4.69) is 235 Å². The molecule has 0 fully saturated rings. The molecule has 294 valence electrons. The zero-order chi connectivity index (χ0) is 41.5. The van der Waals surface area contributed by atoms with Crippen LogP contribution in [0.15, 0.2) is 241 Å². The molecule has 63 heavy (non-hydrogen) atoms. The third kappa shape index (κ3) is 5.19. The van der Waals surface area contributed by atoms with Crippen LogP contribution in [0.3, 0.4) is 0 Å². The molecule has 11 aromatic rings. The van der Waals surface area contributed by atoms with Crippen LogP contribution in [0.5, 0.6) is 0 Å². The first-order valence-corrected chi connectivity index (χ1v) is 21.8. The van der Waals surface area contributed by atoms with Crippen molar-refractivity contribution in [3.05, 3.63) is 259 Å². The van der Waals surface area contributed by atoms with Crippen LogP contribution in [-0.4, -0.2) is 0 Å². The van der Waals surface area contributed by atoms with Gasteiger partial charge in [0.2, 0.25) is 0 Å². The Kier molecular flexibility index (Phi) is 7.85. The average molecular weight is 802 g/mol. The Labute approximate surface area is 366 Å². The second kappa shape index (κ2) is 13.9. The molecular formula is C61H39NO. The molecule has 0 saturated carbocycles. The topological polar surface area (TPSA) is 16.4 Å². The van der Waals surface area contributed by atoms with Crippen molar-refractivity contribution in [2.75, 3.05) is 4.90 Å². The van der Waals surface area contributed by atoms with Crippen molar-refractivity contribution in [1.29, 1.82) is 0 Å². The van der Waals surface area contributed by atoms with Crippen molar-refractivity contribution < 1.29 is 4.42 Å². The summed E-state index contributed by atoms with van der Waals surface area (Å²) in [4.78, 5) is 2.50. The van der Waals surface area contributed by atoms with Gasteiger partial charge in [-0.15, -0.1) is 0 Å². The van der Waals surface area contributed by atoms with Crippen LogP contribution in [0.4, 0.5) is 17.1 Å². The first-order chi connectivity index (χ1) is 31.3. The summed E-state index contributed by atoms with van der Waals surface area (Å²) >= 11 is 0. The largest absolute Gasteiger partial charge is 0.456 e. The van der Waals surface area contributed by atoms with Crippen LogP contribution < -0.4 is 4.90 Å². The highest BCUT2D eigenvalue weighted by Gasteiger charge is 2.52. The predicted molar refractivity (Wildman–Crippen MR) is 261 cm³/mol. The summed E-state index contributed by atoms with van der Waals surface area (Å²) in [6.07, 6.45) is 0. The summed E-state index contributed by atoms with van der Waals surface area (Å²) in [6, 6.07) is 86.5. The van der Waals surface area contributed by atoms with E-state index in [9.17, 15) is 0 Å². The Morgan fingerprint density at radius 3 is 1.46 bits per heavy atom. The normalized spacial score (nSPS) is 12.9. The lowest BCUT2D eigenvalue weighted by atomic mass is 9.70. The lowest BCUT2D eigenvalue weighted by Crippen LogP contribution is -2.26. The summed E-state index contributed by atoms with van der Waals surface area (Å²) in [6.45, 7) is 0. The number of anilines is 3. The molecule has 2 aliphatic rings. The van der Waals surface area contributed by atoms with E-state index in [1.807, 2.05) is 6.07 Å². The molecular weight excluding hydrogens is 763 g/mol. The van der Waals surface area contributed by atoms with Crippen LogP contribution in [0.1, 0.15) is 22.3 Å². The van der Waals surface area contributed by atoms with Gasteiger partial charge in [-0.1, -0.05) is 200 Å². The lowest BCUT2D eigenvalue weighted by molar-refractivity contribution is 0.669. The maximum absolute atomic E-state index is 6.47. The van der Waals surface area contributed by atoms with E-state index in [0.29, 0.717) is 0 Å². The minimum Gasteiger partial charge on any atom is -0.456 e. The summed E-state index contributed by atoms with van der Waals surface area (Å²) in [5.74, 6) is 0. The first-order valence-electron chi connectivity index (χ1n) is 21.8. The van der Waals surface area contributed by atoms with Crippen LogP contribution >= 0.6 is 0 Å². The van der Waals surface area contributed by atoms with Gasteiger partial charge in [0.05, 0.1) is 16.8 Å². The van der Waals surface area contributed by atoms with Gasteiger partial charge in [-0.25, -0.2) is 0 Å². The third-order valence-corrected chi connectivity index (χ3v) is 13.5. The number of fused-ring (bicyclic) bond motifs is 13. The van der Waals surface area contributed by atoms with Crippen molar-refractivity contribution in [3.63, 3.8) is 0 Å². The molecule has 0 N–H and O–H groups in total. The smallest absolute Gasteiger partial charge is 0.136 e. The van der Waals surface area contributed by atoms with Crippen molar-refractivity contribution >= 4 is 39.0 Å². The monoisotopic (exact) mass is 801 g/mol. The minimum atomic E-state index is -0.461. The number of hydrogen-bond acceptors (Lipinski definition) is 2. The van der Waals surface area contributed by atoms with Gasteiger partial charge in [0.25, 0.3) is 0 Å². The second-order valence-corrected chi connectivity index (χ2v) is 16.7. The second-order valence-electron chi connectivity index (χ2n) is 16.7. The van der Waals surface area contributed by atoms with Gasteiger partial charge in [-0.05, 0) is 103 Å². The molecule has 0 bridgehead atoms. The standard InChI is InChI=1S/C61H39NO/c1-2-16-40(17-3-1)41-32-34-42(35-33-41)43-36-38-44(39-37-43)62(55-28-12-7-20-47(55)48-23-14-31-58-59(48)50-22-8-13-30-57(50)63-58)56-29-15-27-54-60(56)49-21-6-11-26-53(49)61(54)51-24-9-4-18-45(51)46-19-5-10-25-52(46)61/h1-39H. The van der Waals surface area contributed by atoms with Gasteiger partial charge in [-0.3, -0.25) is 0 Å². The maximum atomic E-state index is 6.47. The van der Waals surface area contributed by atoms with E-state index >= 15 is 0 Å². The van der Waals surface area contributed by atoms with Crippen LogP contribution in [0.2, 0.25) is 0 Å². The molecule has 0 amide bonds. The summed E-state index contributed by atoms with van der Waals surface area (Å²) in [5, 5.41) is 2.23. The molecule has 1 aromatic heterocycles. The van der Waals surface area contributed by atoms with Gasteiger partial charge in [0.1, 0.15) is 11.2 Å². The van der Waals surface area contributed by atoms with E-state index in [1.54, 1.807) is 0 Å². The zero-order valence-electron chi connectivity index (χ0n) is 34.4. The number of nitrogens with zero attached hydrogens (tertiary/aromatic N) is 1. The summed E-state index contributed by atoms with van der Waals surface area (Å²) in [7, 11) is 0. The van der Waals surface area contributed by atoms with Gasteiger partial charge in [0.15, 0.2) is 0 Å². The number of benzene rings is 10. The number of furan rings is 1. The van der Waals surface area contributed by atoms with Gasteiger partial charge >= 0.3 is 0 Å². The molecule has 0 aliphatic heterocycles. The molecule has 10 aromatic carbocycles. The number of hydrogen-bond donors (Lipinski definition) is 0. The Balaban J connectivity index is 1.05. The fraction of sp³-hybridized carbons (Fsp3) is 0.0164. The lowest BCUT2D eigenvalue weighted by Gasteiger charge is -2.32. The SMILES string of the molecule is c1ccc(-c2ccc(-c3ccc(N(c4ccccc4-c4cccc5oc6ccccc6c45)c4cccc5c4-c4ccccc4C54c5ccccc5-c5ccccc54)cc3)cc2)cc1. The molecule has 2 heteroatoms. The van der Waals surface area contributed by atoms with Crippen LogP contribution in [0.25, 0.3) is 77.6 Å². The fourth-order valence-electron chi connectivity index (χ4n) is 10.9. The predicted octanol–water partition coefficient (Wildman–Crippen LogP) is 16.4. The molecule has 0 radical (unpaired) electrons. The van der Waals surface area contributed by atoms with Crippen molar-refractivity contribution in [3.8, 4) is 55.6 Å². The van der Waals surface area contributed by atoms with Crippen molar-refractivity contribution in [1.82, 2.24) is 0 Å². The zero-order valence-corrected chi connectivity index (χ0v) is 34.4. The highest BCUT2D eigenvalue weighted by Crippen LogP contribution is 2.65. The molecule has 2 aliphatic carbocycles. The number of para-hydroxylation sites is 2. The van der Waals surface area contributed by atoms with Gasteiger partial charge in [0, 0.05) is 27.6 Å². The van der Waals surface area contributed by atoms with E-state index in [1.165, 1.54) is 66.8 Å². The maximum Gasteiger partial charge on any atom is 0.136 e. The Hall–Kier alpha value is -8.20. The molecule has 1 heterocycles. The van der Waals surface area contributed by atoms with Gasteiger partial charge < -0.3 is 9.32 Å².